The summed E-state index contributed by atoms with van der Waals surface area (Å²) in [4.78, 5) is 10.8. The molecule has 0 unspecified atom stereocenters. The summed E-state index contributed by atoms with van der Waals surface area (Å²) in [6.45, 7) is 1.12. The Morgan fingerprint density at radius 3 is 2.28 bits per heavy atom. The van der Waals surface area contributed by atoms with E-state index in [0.717, 1.165) is 12.8 Å². The second-order valence-corrected chi connectivity index (χ2v) is 6.92. The first kappa shape index (κ1) is 13.8. The summed E-state index contributed by atoms with van der Waals surface area (Å²) in [5, 5.41) is 8.86. The SMILES string of the molecule is O=C(O)C1CCN(S(=O)(=O)NCC2CCC2)CC1. The first-order valence-corrected chi connectivity index (χ1v) is 7.90. The number of carboxylic acids is 1. The van der Waals surface area contributed by atoms with Gasteiger partial charge in [0.15, 0.2) is 0 Å². The van der Waals surface area contributed by atoms with E-state index in [9.17, 15) is 13.2 Å². The van der Waals surface area contributed by atoms with Gasteiger partial charge in [0.05, 0.1) is 5.92 Å². The molecule has 0 bridgehead atoms. The minimum Gasteiger partial charge on any atom is -0.481 e. The number of aliphatic carboxylic acids is 1. The molecule has 1 saturated carbocycles. The summed E-state index contributed by atoms with van der Waals surface area (Å²) in [5.74, 6) is -0.742. The smallest absolute Gasteiger partial charge is 0.306 e. The molecule has 18 heavy (non-hydrogen) atoms. The van der Waals surface area contributed by atoms with Gasteiger partial charge in [-0.25, -0.2) is 4.72 Å². The number of nitrogens with zero attached hydrogens (tertiary/aromatic N) is 1. The lowest BCUT2D eigenvalue weighted by Gasteiger charge is -2.31. The van der Waals surface area contributed by atoms with Crippen LogP contribution in [0.3, 0.4) is 0 Å². The van der Waals surface area contributed by atoms with Gasteiger partial charge in [0.1, 0.15) is 0 Å². The lowest BCUT2D eigenvalue weighted by Crippen LogP contribution is -2.47. The normalized spacial score (nSPS) is 23.8. The van der Waals surface area contributed by atoms with Crippen molar-refractivity contribution in [3.05, 3.63) is 0 Å². The van der Waals surface area contributed by atoms with Crippen LogP contribution in [0.1, 0.15) is 32.1 Å². The predicted octanol–water partition coefficient (Wildman–Crippen LogP) is 0.417. The van der Waals surface area contributed by atoms with Crippen molar-refractivity contribution in [2.75, 3.05) is 19.6 Å². The van der Waals surface area contributed by atoms with E-state index in [1.165, 1.54) is 10.7 Å². The summed E-state index contributed by atoms with van der Waals surface area (Å²) in [7, 11) is -3.41. The van der Waals surface area contributed by atoms with E-state index in [1.54, 1.807) is 0 Å². The van der Waals surface area contributed by atoms with E-state index in [0.29, 0.717) is 38.4 Å². The maximum absolute atomic E-state index is 12.0. The predicted molar refractivity (Wildman–Crippen MR) is 66.2 cm³/mol. The molecule has 7 heteroatoms. The molecule has 0 atom stereocenters. The van der Waals surface area contributed by atoms with E-state index < -0.39 is 22.1 Å². The highest BCUT2D eigenvalue weighted by Gasteiger charge is 2.31. The van der Waals surface area contributed by atoms with E-state index in [1.807, 2.05) is 0 Å². The van der Waals surface area contributed by atoms with Crippen LogP contribution in [0, 0.1) is 11.8 Å². The number of nitrogens with one attached hydrogen (secondary N) is 1. The Kier molecular flexibility index (Phi) is 4.24. The topological polar surface area (TPSA) is 86.7 Å². The summed E-state index contributed by atoms with van der Waals surface area (Å²) in [6, 6.07) is 0. The zero-order valence-electron chi connectivity index (χ0n) is 10.3. The Morgan fingerprint density at radius 1 is 1.22 bits per heavy atom. The molecule has 104 valence electrons. The summed E-state index contributed by atoms with van der Waals surface area (Å²) in [5.41, 5.74) is 0. The molecule has 2 aliphatic rings. The largest absolute Gasteiger partial charge is 0.481 e. The molecule has 0 spiro atoms. The highest BCUT2D eigenvalue weighted by atomic mass is 32.2. The Hall–Kier alpha value is -0.660. The molecule has 1 aliphatic heterocycles. The average Bonchev–Trinajstić information content (AvgIpc) is 2.27. The van der Waals surface area contributed by atoms with Gasteiger partial charge in [-0.05, 0) is 31.6 Å². The van der Waals surface area contributed by atoms with Gasteiger partial charge in [-0.2, -0.15) is 12.7 Å². The van der Waals surface area contributed by atoms with Crippen molar-refractivity contribution >= 4 is 16.2 Å². The number of carbonyl (C=O) groups is 1. The van der Waals surface area contributed by atoms with Gasteiger partial charge < -0.3 is 5.11 Å². The number of piperidine rings is 1. The van der Waals surface area contributed by atoms with Crippen molar-refractivity contribution < 1.29 is 18.3 Å². The Bertz CT molecular complexity index is 397. The molecular formula is C11H20N2O4S. The van der Waals surface area contributed by atoms with Crippen molar-refractivity contribution in [2.45, 2.75) is 32.1 Å². The summed E-state index contributed by atoms with van der Waals surface area (Å²) >= 11 is 0. The van der Waals surface area contributed by atoms with Crippen LogP contribution in [0.4, 0.5) is 0 Å². The minimum absolute atomic E-state index is 0.303. The van der Waals surface area contributed by atoms with Crippen LogP contribution in [0.25, 0.3) is 0 Å². The van der Waals surface area contributed by atoms with Gasteiger partial charge in [0.25, 0.3) is 10.2 Å². The van der Waals surface area contributed by atoms with Gasteiger partial charge in [-0.3, -0.25) is 4.79 Å². The summed E-state index contributed by atoms with van der Waals surface area (Å²) < 4.78 is 27.9. The second-order valence-electron chi connectivity index (χ2n) is 5.16. The molecular weight excluding hydrogens is 256 g/mol. The molecule has 2 fully saturated rings. The molecule has 0 radical (unpaired) electrons. The fourth-order valence-electron chi connectivity index (χ4n) is 2.35. The van der Waals surface area contributed by atoms with Gasteiger partial charge in [0.2, 0.25) is 0 Å². The van der Waals surface area contributed by atoms with E-state index in [-0.39, 0.29) is 0 Å². The van der Waals surface area contributed by atoms with Gasteiger partial charge in [-0.15, -0.1) is 0 Å². The molecule has 6 nitrogen and oxygen atoms in total. The quantitative estimate of drug-likeness (QED) is 0.762. The Morgan fingerprint density at radius 2 is 1.83 bits per heavy atom. The van der Waals surface area contributed by atoms with Crippen molar-refractivity contribution in [3.8, 4) is 0 Å². The Labute approximate surface area is 108 Å². The van der Waals surface area contributed by atoms with Crippen molar-refractivity contribution in [2.24, 2.45) is 11.8 Å². The van der Waals surface area contributed by atoms with Crippen LogP contribution < -0.4 is 4.72 Å². The molecule has 0 aromatic heterocycles. The molecule has 1 saturated heterocycles. The lowest BCUT2D eigenvalue weighted by atomic mass is 9.86. The van der Waals surface area contributed by atoms with Gasteiger partial charge in [0, 0.05) is 19.6 Å². The minimum atomic E-state index is -3.41. The van der Waals surface area contributed by atoms with Gasteiger partial charge in [-0.1, -0.05) is 6.42 Å². The van der Waals surface area contributed by atoms with Crippen LogP contribution in [0.5, 0.6) is 0 Å². The van der Waals surface area contributed by atoms with Crippen LogP contribution >= 0.6 is 0 Å². The molecule has 2 rings (SSSR count). The maximum Gasteiger partial charge on any atom is 0.306 e. The third-order valence-electron chi connectivity index (χ3n) is 3.92. The zero-order valence-corrected chi connectivity index (χ0v) is 11.2. The van der Waals surface area contributed by atoms with Crippen LogP contribution in [-0.4, -0.2) is 43.4 Å². The van der Waals surface area contributed by atoms with Crippen LogP contribution in [-0.2, 0) is 15.0 Å². The van der Waals surface area contributed by atoms with Crippen molar-refractivity contribution in [1.82, 2.24) is 9.03 Å². The number of rotatable bonds is 5. The number of carboxylic acid groups (broad SMARTS) is 1. The molecule has 0 amide bonds. The highest BCUT2D eigenvalue weighted by Crippen LogP contribution is 2.26. The average molecular weight is 276 g/mol. The third kappa shape index (κ3) is 3.21. The van der Waals surface area contributed by atoms with E-state index in [4.69, 9.17) is 5.11 Å². The monoisotopic (exact) mass is 276 g/mol. The van der Waals surface area contributed by atoms with Crippen LogP contribution in [0.2, 0.25) is 0 Å². The molecule has 1 heterocycles. The van der Waals surface area contributed by atoms with Gasteiger partial charge >= 0.3 is 5.97 Å². The highest BCUT2D eigenvalue weighted by molar-refractivity contribution is 7.87. The zero-order chi connectivity index (χ0) is 13.2. The summed E-state index contributed by atoms with van der Waals surface area (Å²) in [6.07, 6.45) is 4.20. The van der Waals surface area contributed by atoms with Crippen molar-refractivity contribution in [3.63, 3.8) is 0 Å². The van der Waals surface area contributed by atoms with E-state index in [2.05, 4.69) is 4.72 Å². The van der Waals surface area contributed by atoms with Crippen molar-refractivity contribution in [1.29, 1.82) is 0 Å². The fraction of sp³-hybridized carbons (Fsp3) is 0.909. The molecule has 0 aromatic carbocycles. The third-order valence-corrected chi connectivity index (χ3v) is 5.50. The Balaban J connectivity index is 1.81. The first-order chi connectivity index (χ1) is 8.49. The first-order valence-electron chi connectivity index (χ1n) is 6.46. The fourth-order valence-corrected chi connectivity index (χ4v) is 3.67. The standard InChI is InChI=1S/C11H20N2O4S/c14-11(15)10-4-6-13(7-5-10)18(16,17)12-8-9-2-1-3-9/h9-10,12H,1-8H2,(H,14,15). The maximum atomic E-state index is 12.0. The van der Waals surface area contributed by atoms with E-state index >= 15 is 0 Å². The molecule has 1 aliphatic carbocycles. The number of hydrogen-bond acceptors (Lipinski definition) is 3. The molecule has 2 N–H and O–H groups in total. The lowest BCUT2D eigenvalue weighted by molar-refractivity contribution is -0.142. The second kappa shape index (κ2) is 5.54. The number of hydrogen-bond donors (Lipinski definition) is 2. The molecule has 0 aromatic rings. The van der Waals surface area contributed by atoms with Crippen LogP contribution in [0.15, 0.2) is 0 Å².